The zero-order valence-corrected chi connectivity index (χ0v) is 22.2. The van der Waals surface area contributed by atoms with Crippen LogP contribution in [0.2, 0.25) is 0 Å². The number of carbonyl (C=O) groups excluding carboxylic acids is 2. The lowest BCUT2D eigenvalue weighted by molar-refractivity contribution is -0.114. The van der Waals surface area contributed by atoms with Crippen LogP contribution in [0.15, 0.2) is 66.0 Å². The highest BCUT2D eigenvalue weighted by Gasteiger charge is 2.29. The van der Waals surface area contributed by atoms with Gasteiger partial charge in [0.2, 0.25) is 6.41 Å². The summed E-state index contributed by atoms with van der Waals surface area (Å²) in [5.74, 6) is -0.324. The average molecular weight is 550 g/mol. The number of anilines is 3. The molecule has 0 bridgehead atoms. The Morgan fingerprint density at radius 2 is 2.08 bits per heavy atom. The average Bonchev–Trinajstić information content (AvgIpc) is 3.50. The molecule has 2 unspecified atom stereocenters. The number of morpholine rings is 1. The van der Waals surface area contributed by atoms with Gasteiger partial charge in [-0.25, -0.2) is 14.8 Å². The van der Waals surface area contributed by atoms with E-state index in [4.69, 9.17) is 10.5 Å². The number of hydrogen-bond acceptors (Lipinski definition) is 8. The molecule has 0 radical (unpaired) electrons. The third kappa shape index (κ3) is 5.29. The molecule has 5 rings (SSSR count). The highest BCUT2D eigenvalue weighted by Crippen LogP contribution is 2.39. The van der Waals surface area contributed by atoms with Gasteiger partial charge < -0.3 is 30.9 Å². The van der Waals surface area contributed by atoms with E-state index in [0.29, 0.717) is 65.6 Å². The molecule has 3 aromatic rings. The molecule has 1 fully saturated rings. The number of ether oxygens (including phenoxy) is 1. The van der Waals surface area contributed by atoms with Crippen LogP contribution in [0.5, 0.6) is 0 Å². The number of carbonyl (C=O) groups is 2. The molecular weight excluding hydrogens is 517 g/mol. The summed E-state index contributed by atoms with van der Waals surface area (Å²) < 4.78 is 22.8. The van der Waals surface area contributed by atoms with Crippen LogP contribution in [0.1, 0.15) is 25.6 Å². The lowest BCUT2D eigenvalue weighted by Gasteiger charge is -2.39. The SMILES string of the molecule is C/C(C(=O)Nc1ccc(-c2cn(CC(C)O)c3c2C(N)NN3)c(F)c1)=C1/COCCN1N(C=O)c1ccccc1. The molecular formula is C28H32FN7O4. The number of nitrogens with two attached hydrogens (primary N) is 1. The quantitative estimate of drug-likeness (QED) is 0.214. The molecule has 0 spiro atoms. The number of aliphatic hydroxyl groups is 1. The fourth-order valence-corrected chi connectivity index (χ4v) is 4.96. The van der Waals surface area contributed by atoms with Gasteiger partial charge in [-0.3, -0.25) is 14.6 Å². The maximum Gasteiger partial charge on any atom is 0.253 e. The summed E-state index contributed by atoms with van der Waals surface area (Å²) in [6, 6.07) is 13.6. The first-order valence-corrected chi connectivity index (χ1v) is 12.9. The number of hydrogen-bond donors (Lipinski definition) is 5. The fraction of sp³-hybridized carbons (Fsp3) is 0.286. The summed E-state index contributed by atoms with van der Waals surface area (Å²) in [7, 11) is 0. The van der Waals surface area contributed by atoms with E-state index < -0.39 is 24.0 Å². The van der Waals surface area contributed by atoms with Crippen LogP contribution in [-0.4, -0.2) is 52.9 Å². The highest BCUT2D eigenvalue weighted by atomic mass is 19.1. The zero-order chi connectivity index (χ0) is 28.4. The Kier molecular flexibility index (Phi) is 7.85. The van der Waals surface area contributed by atoms with Gasteiger partial charge in [0, 0.05) is 40.7 Å². The van der Waals surface area contributed by atoms with E-state index in [2.05, 4.69) is 16.2 Å². The maximum absolute atomic E-state index is 15.4. The lowest BCUT2D eigenvalue weighted by Crippen LogP contribution is -2.48. The summed E-state index contributed by atoms with van der Waals surface area (Å²) in [6.07, 6.45) is 1.28. The molecule has 6 N–H and O–H groups in total. The number of para-hydroxylation sites is 1. The summed E-state index contributed by atoms with van der Waals surface area (Å²) in [5, 5.41) is 15.8. The normalized spacial score (nSPS) is 18.5. The highest BCUT2D eigenvalue weighted by molar-refractivity contribution is 6.04. The number of rotatable bonds is 8. The van der Waals surface area contributed by atoms with Gasteiger partial charge >= 0.3 is 0 Å². The minimum atomic E-state index is -0.612. The van der Waals surface area contributed by atoms with Crippen LogP contribution in [0.25, 0.3) is 11.1 Å². The summed E-state index contributed by atoms with van der Waals surface area (Å²) in [5.41, 5.74) is 15.5. The van der Waals surface area contributed by atoms with Crippen molar-refractivity contribution in [3.63, 3.8) is 0 Å². The van der Waals surface area contributed by atoms with Gasteiger partial charge in [0.15, 0.2) is 0 Å². The second-order valence-corrected chi connectivity index (χ2v) is 9.74. The second-order valence-electron chi connectivity index (χ2n) is 9.74. The Bertz CT molecular complexity index is 1440. The number of hydrazine groups is 2. The minimum Gasteiger partial charge on any atom is -0.392 e. The first-order chi connectivity index (χ1) is 19.3. The first kappa shape index (κ1) is 27.3. The topological polar surface area (TPSA) is 137 Å². The van der Waals surface area contributed by atoms with Crippen molar-refractivity contribution in [1.82, 2.24) is 15.0 Å². The Morgan fingerprint density at radius 1 is 1.30 bits per heavy atom. The number of nitrogens with one attached hydrogen (secondary N) is 3. The third-order valence-electron chi connectivity index (χ3n) is 6.90. The first-order valence-electron chi connectivity index (χ1n) is 12.9. The summed E-state index contributed by atoms with van der Waals surface area (Å²) >= 11 is 0. The van der Waals surface area contributed by atoms with E-state index in [9.17, 15) is 14.7 Å². The van der Waals surface area contributed by atoms with Gasteiger partial charge in [-0.05, 0) is 44.2 Å². The molecule has 1 saturated heterocycles. The maximum atomic E-state index is 15.4. The van der Waals surface area contributed by atoms with Gasteiger partial charge in [-0.2, -0.15) is 0 Å². The molecule has 2 aliphatic rings. The second kappa shape index (κ2) is 11.5. The molecule has 0 saturated carbocycles. The van der Waals surface area contributed by atoms with Gasteiger partial charge in [-0.15, -0.1) is 0 Å². The Labute approximate surface area is 230 Å². The van der Waals surface area contributed by atoms with E-state index in [-0.39, 0.29) is 12.3 Å². The molecule has 2 atom stereocenters. The van der Waals surface area contributed by atoms with Crippen LogP contribution < -0.4 is 26.9 Å². The van der Waals surface area contributed by atoms with E-state index in [0.717, 1.165) is 0 Å². The minimum absolute atomic E-state index is 0.139. The van der Waals surface area contributed by atoms with Crippen LogP contribution >= 0.6 is 0 Å². The number of aromatic nitrogens is 1. The summed E-state index contributed by atoms with van der Waals surface area (Å²) in [4.78, 5) is 25.2. The Morgan fingerprint density at radius 3 is 2.77 bits per heavy atom. The Hall–Kier alpha value is -4.23. The van der Waals surface area contributed by atoms with Gasteiger partial charge in [0.05, 0.1) is 37.2 Å². The fourth-order valence-electron chi connectivity index (χ4n) is 4.96. The van der Waals surface area contributed by atoms with Gasteiger partial charge in [0.25, 0.3) is 5.91 Å². The monoisotopic (exact) mass is 549 g/mol. The molecule has 3 heterocycles. The molecule has 2 amide bonds. The van der Waals surface area contributed by atoms with Gasteiger partial charge in [0.1, 0.15) is 17.8 Å². The van der Waals surface area contributed by atoms with Crippen LogP contribution in [0.3, 0.4) is 0 Å². The smallest absolute Gasteiger partial charge is 0.253 e. The van der Waals surface area contributed by atoms with E-state index in [1.165, 1.54) is 11.1 Å². The molecule has 2 aromatic carbocycles. The zero-order valence-electron chi connectivity index (χ0n) is 22.2. The third-order valence-corrected chi connectivity index (χ3v) is 6.90. The number of halogens is 1. The van der Waals surface area contributed by atoms with Crippen molar-refractivity contribution in [1.29, 1.82) is 0 Å². The lowest BCUT2D eigenvalue weighted by atomic mass is 10.0. The van der Waals surface area contributed by atoms with E-state index in [1.54, 1.807) is 53.9 Å². The summed E-state index contributed by atoms with van der Waals surface area (Å²) in [6.45, 7) is 4.52. The van der Waals surface area contributed by atoms with Crippen LogP contribution in [0, 0.1) is 5.82 Å². The number of aliphatic hydroxyl groups excluding tert-OH is 1. The van der Waals surface area contributed by atoms with Crippen molar-refractivity contribution in [2.45, 2.75) is 32.7 Å². The number of benzene rings is 2. The molecule has 210 valence electrons. The largest absolute Gasteiger partial charge is 0.392 e. The molecule has 11 nitrogen and oxygen atoms in total. The van der Waals surface area contributed by atoms with Gasteiger partial charge in [-0.1, -0.05) is 18.2 Å². The molecule has 12 heteroatoms. The van der Waals surface area contributed by atoms with E-state index in [1.807, 2.05) is 18.2 Å². The van der Waals surface area contributed by atoms with Crippen molar-refractivity contribution in [2.75, 3.05) is 35.5 Å². The predicted molar refractivity (Wildman–Crippen MR) is 149 cm³/mol. The van der Waals surface area contributed by atoms with Crippen molar-refractivity contribution < 1.29 is 23.8 Å². The number of nitrogens with zero attached hydrogens (tertiary/aromatic N) is 3. The molecule has 1 aromatic heterocycles. The predicted octanol–water partition coefficient (Wildman–Crippen LogP) is 2.69. The van der Waals surface area contributed by atoms with Crippen molar-refractivity contribution in [2.24, 2.45) is 5.73 Å². The standard InChI is InChI=1S/C28H32FN7O4/c1-17(38)13-34-14-22(25-26(30)32-33-27(25)34)21-9-8-19(12-23(21)29)31-28(39)18(2)24-15-40-11-10-35(24)36(16-37)20-6-4-3-5-7-20/h3-9,12,14,16-17,26,32-33,38H,10-11,13,15,30H2,1-2H3,(H,31,39)/b24-18+. The van der Waals surface area contributed by atoms with Crippen molar-refractivity contribution in [3.05, 3.63) is 77.4 Å². The number of fused-ring (bicyclic) bond motifs is 1. The molecule has 2 aliphatic heterocycles. The van der Waals surface area contributed by atoms with Crippen molar-refractivity contribution in [3.8, 4) is 11.1 Å². The van der Waals surface area contributed by atoms with Crippen LogP contribution in [-0.2, 0) is 20.9 Å². The van der Waals surface area contributed by atoms with Crippen LogP contribution in [0.4, 0.5) is 21.6 Å². The van der Waals surface area contributed by atoms with Crippen molar-refractivity contribution >= 4 is 29.5 Å². The Balaban J connectivity index is 1.39. The number of amides is 2. The molecule has 0 aliphatic carbocycles. The van der Waals surface area contributed by atoms with E-state index >= 15 is 4.39 Å². The molecule has 40 heavy (non-hydrogen) atoms.